The van der Waals surface area contributed by atoms with Crippen molar-refractivity contribution in [3.05, 3.63) is 29.3 Å². The molecule has 1 atom stereocenters. The zero-order valence-electron chi connectivity index (χ0n) is 7.04. The lowest BCUT2D eigenvalue weighted by Gasteiger charge is -2.08. The van der Waals surface area contributed by atoms with Gasteiger partial charge < -0.3 is 10.2 Å². The number of aromatic hydroxyl groups is 1. The van der Waals surface area contributed by atoms with Crippen molar-refractivity contribution in [1.82, 2.24) is 0 Å². The van der Waals surface area contributed by atoms with Crippen molar-refractivity contribution in [2.24, 2.45) is 0 Å². The number of aliphatic hydroxyl groups excluding tert-OH is 1. The Morgan fingerprint density at radius 3 is 2.31 bits per heavy atom. The molecule has 2 N–H and O–H groups in total. The molecule has 0 aliphatic heterocycles. The van der Waals surface area contributed by atoms with Gasteiger partial charge in [-0.15, -0.1) is 0 Å². The summed E-state index contributed by atoms with van der Waals surface area (Å²) in [5.74, 6) is -0.298. The van der Waals surface area contributed by atoms with E-state index in [-0.39, 0.29) is 16.9 Å². The first-order chi connectivity index (χ1) is 6.02. The Labute approximate surface area is 74.4 Å². The molecule has 0 aliphatic carbocycles. The van der Waals surface area contributed by atoms with Crippen LogP contribution in [0.4, 0.5) is 8.78 Å². The molecule has 0 heterocycles. The molecule has 0 aromatic heterocycles. The van der Waals surface area contributed by atoms with Gasteiger partial charge >= 0.3 is 0 Å². The van der Waals surface area contributed by atoms with Gasteiger partial charge in [-0.2, -0.15) is 0 Å². The maximum absolute atomic E-state index is 12.1. The van der Waals surface area contributed by atoms with Gasteiger partial charge in [0.15, 0.2) is 0 Å². The fourth-order valence-electron chi connectivity index (χ4n) is 1.05. The highest BCUT2D eigenvalue weighted by atomic mass is 19.3. The predicted octanol–water partition coefficient (Wildman–Crippen LogP) is 2.38. The number of phenols is 1. The Bertz CT molecular complexity index is 298. The number of benzene rings is 1. The standard InChI is InChI=1S/C9H10F2O2/c1-5(12)7-3-2-6(9(10)11)4-8(7)13/h2-5,9,12-13H,1H3. The van der Waals surface area contributed by atoms with Crippen LogP contribution in [0.3, 0.4) is 0 Å². The van der Waals surface area contributed by atoms with Crippen LogP contribution in [0.25, 0.3) is 0 Å². The van der Waals surface area contributed by atoms with Gasteiger partial charge in [-0.3, -0.25) is 0 Å². The van der Waals surface area contributed by atoms with Gasteiger partial charge in [0, 0.05) is 11.1 Å². The van der Waals surface area contributed by atoms with E-state index in [9.17, 15) is 13.9 Å². The summed E-state index contributed by atoms with van der Waals surface area (Å²) in [4.78, 5) is 0. The summed E-state index contributed by atoms with van der Waals surface area (Å²) in [6.07, 6.45) is -3.46. The van der Waals surface area contributed by atoms with Gasteiger partial charge in [-0.25, -0.2) is 8.78 Å². The minimum atomic E-state index is -2.60. The first-order valence-corrected chi connectivity index (χ1v) is 3.81. The Morgan fingerprint density at radius 2 is 1.92 bits per heavy atom. The third kappa shape index (κ3) is 2.15. The molecule has 1 aromatic rings. The predicted molar refractivity (Wildman–Crippen MR) is 43.7 cm³/mol. The average Bonchev–Trinajstić information content (AvgIpc) is 2.03. The van der Waals surface area contributed by atoms with E-state index >= 15 is 0 Å². The number of halogens is 2. The second-order valence-corrected chi connectivity index (χ2v) is 2.79. The Kier molecular flexibility index (Phi) is 2.83. The third-order valence-corrected chi connectivity index (χ3v) is 1.76. The van der Waals surface area contributed by atoms with Crippen molar-refractivity contribution in [3.63, 3.8) is 0 Å². The molecule has 0 saturated heterocycles. The lowest BCUT2D eigenvalue weighted by atomic mass is 10.1. The van der Waals surface area contributed by atoms with E-state index in [1.54, 1.807) is 0 Å². The van der Waals surface area contributed by atoms with Gasteiger partial charge in [0.05, 0.1) is 6.10 Å². The van der Waals surface area contributed by atoms with E-state index < -0.39 is 12.5 Å². The van der Waals surface area contributed by atoms with Crippen LogP contribution in [-0.4, -0.2) is 10.2 Å². The second-order valence-electron chi connectivity index (χ2n) is 2.79. The average molecular weight is 188 g/mol. The number of aliphatic hydroxyl groups is 1. The molecule has 0 fully saturated rings. The fourth-order valence-corrected chi connectivity index (χ4v) is 1.05. The SMILES string of the molecule is CC(O)c1ccc(C(F)F)cc1O. The monoisotopic (exact) mass is 188 g/mol. The smallest absolute Gasteiger partial charge is 0.263 e. The van der Waals surface area contributed by atoms with E-state index in [2.05, 4.69) is 0 Å². The largest absolute Gasteiger partial charge is 0.508 e. The van der Waals surface area contributed by atoms with Crippen LogP contribution in [0.1, 0.15) is 30.6 Å². The van der Waals surface area contributed by atoms with E-state index in [4.69, 9.17) is 5.11 Å². The Hall–Kier alpha value is -1.16. The van der Waals surface area contributed by atoms with E-state index in [1.807, 2.05) is 0 Å². The molecule has 0 amide bonds. The van der Waals surface area contributed by atoms with Crippen molar-refractivity contribution in [2.75, 3.05) is 0 Å². The first-order valence-electron chi connectivity index (χ1n) is 3.81. The molecular weight excluding hydrogens is 178 g/mol. The maximum atomic E-state index is 12.1. The summed E-state index contributed by atoms with van der Waals surface area (Å²) in [6, 6.07) is 3.45. The summed E-state index contributed by atoms with van der Waals surface area (Å²) in [5.41, 5.74) is 0.00583. The highest BCUT2D eigenvalue weighted by molar-refractivity contribution is 5.37. The van der Waals surface area contributed by atoms with Crippen molar-refractivity contribution in [1.29, 1.82) is 0 Å². The zero-order valence-corrected chi connectivity index (χ0v) is 7.04. The molecular formula is C9H10F2O2. The normalized spacial score (nSPS) is 13.3. The number of rotatable bonds is 2. The summed E-state index contributed by atoms with van der Waals surface area (Å²) < 4.78 is 24.2. The van der Waals surface area contributed by atoms with Crippen LogP contribution in [0.2, 0.25) is 0 Å². The van der Waals surface area contributed by atoms with E-state index in [0.29, 0.717) is 0 Å². The van der Waals surface area contributed by atoms with Crippen molar-refractivity contribution in [3.8, 4) is 5.75 Å². The topological polar surface area (TPSA) is 40.5 Å². The molecule has 1 aromatic carbocycles. The van der Waals surface area contributed by atoms with Gasteiger partial charge in [-0.1, -0.05) is 12.1 Å². The van der Waals surface area contributed by atoms with Crippen LogP contribution in [0, 0.1) is 0 Å². The molecule has 0 saturated carbocycles. The molecule has 0 aliphatic rings. The molecule has 1 unspecified atom stereocenters. The summed E-state index contributed by atoms with van der Waals surface area (Å²) >= 11 is 0. The highest BCUT2D eigenvalue weighted by Crippen LogP contribution is 2.29. The fraction of sp³-hybridized carbons (Fsp3) is 0.333. The zero-order chi connectivity index (χ0) is 10.0. The number of alkyl halides is 2. The van der Waals surface area contributed by atoms with Crippen LogP contribution < -0.4 is 0 Å². The molecule has 1 rings (SSSR count). The van der Waals surface area contributed by atoms with Gasteiger partial charge in [-0.05, 0) is 13.0 Å². The van der Waals surface area contributed by atoms with Crippen molar-refractivity contribution in [2.45, 2.75) is 19.5 Å². The molecule has 2 nitrogen and oxygen atoms in total. The van der Waals surface area contributed by atoms with E-state index in [0.717, 1.165) is 6.07 Å². The Morgan fingerprint density at radius 1 is 1.31 bits per heavy atom. The molecule has 0 bridgehead atoms. The van der Waals surface area contributed by atoms with Gasteiger partial charge in [0.2, 0.25) is 0 Å². The quantitative estimate of drug-likeness (QED) is 0.748. The summed E-state index contributed by atoms with van der Waals surface area (Å²) in [5, 5.41) is 18.3. The number of hydrogen-bond acceptors (Lipinski definition) is 2. The van der Waals surface area contributed by atoms with Crippen LogP contribution >= 0.6 is 0 Å². The lowest BCUT2D eigenvalue weighted by molar-refractivity contribution is 0.150. The molecule has 0 spiro atoms. The van der Waals surface area contributed by atoms with Crippen LogP contribution in [0.5, 0.6) is 5.75 Å². The van der Waals surface area contributed by atoms with Crippen LogP contribution in [-0.2, 0) is 0 Å². The van der Waals surface area contributed by atoms with E-state index in [1.165, 1.54) is 19.1 Å². The minimum Gasteiger partial charge on any atom is -0.508 e. The summed E-state index contributed by atoms with van der Waals surface area (Å²) in [6.45, 7) is 1.46. The Balaban J connectivity index is 3.06. The van der Waals surface area contributed by atoms with Crippen LogP contribution in [0.15, 0.2) is 18.2 Å². The molecule has 13 heavy (non-hydrogen) atoms. The first kappa shape index (κ1) is 9.92. The second kappa shape index (κ2) is 3.70. The highest BCUT2D eigenvalue weighted by Gasteiger charge is 2.12. The number of phenolic OH excluding ortho intramolecular Hbond substituents is 1. The lowest BCUT2D eigenvalue weighted by Crippen LogP contribution is -1.93. The molecule has 0 radical (unpaired) electrons. The molecule has 72 valence electrons. The third-order valence-electron chi connectivity index (χ3n) is 1.76. The number of hydrogen-bond donors (Lipinski definition) is 2. The molecule has 4 heteroatoms. The van der Waals surface area contributed by atoms with Crippen molar-refractivity contribution >= 4 is 0 Å². The van der Waals surface area contributed by atoms with Gasteiger partial charge in [0.1, 0.15) is 5.75 Å². The van der Waals surface area contributed by atoms with Crippen molar-refractivity contribution < 1.29 is 19.0 Å². The minimum absolute atomic E-state index is 0.248. The van der Waals surface area contributed by atoms with Gasteiger partial charge in [0.25, 0.3) is 6.43 Å². The summed E-state index contributed by atoms with van der Waals surface area (Å²) in [7, 11) is 0. The maximum Gasteiger partial charge on any atom is 0.263 e.